The van der Waals surface area contributed by atoms with E-state index in [-0.39, 0.29) is 0 Å². The van der Waals surface area contributed by atoms with Gasteiger partial charge in [-0.05, 0) is 128 Å². The Morgan fingerprint density at radius 1 is 0.269 bits per heavy atom. The zero-order valence-electron chi connectivity index (χ0n) is 28.4. The minimum Gasteiger partial charge on any atom is -0.311 e. The second kappa shape index (κ2) is 12.7. The number of thiophene rings is 1. The molecular weight excluding hydrogens is 647 g/mol. The summed E-state index contributed by atoms with van der Waals surface area (Å²) in [5.74, 6) is 0. The standard InChI is InChI=1S/C50H33NS/c1-2-10-44(11-3-1)51(46-27-22-36(23-28-46)42-24-29-50-48(33-42)47-12-6-7-13-49(47)52-50)45-25-20-35(21-26-45)39-17-15-37-16-19-41(32-43(37)31-39)40-18-14-34-8-4-5-9-38(34)30-40/h1-33H. The molecule has 1 nitrogen and oxygen atoms in total. The van der Waals surface area contributed by atoms with Gasteiger partial charge in [-0.3, -0.25) is 0 Å². The van der Waals surface area contributed by atoms with Gasteiger partial charge in [0.2, 0.25) is 0 Å². The fraction of sp³-hybridized carbons (Fsp3) is 0. The molecule has 0 N–H and O–H groups in total. The number of hydrogen-bond acceptors (Lipinski definition) is 2. The van der Waals surface area contributed by atoms with Crippen molar-refractivity contribution in [1.82, 2.24) is 0 Å². The zero-order chi connectivity index (χ0) is 34.4. The molecule has 0 spiro atoms. The number of benzene rings is 9. The Kier molecular flexibility index (Phi) is 7.41. The summed E-state index contributed by atoms with van der Waals surface area (Å²) in [6.07, 6.45) is 0. The molecule has 0 atom stereocenters. The monoisotopic (exact) mass is 679 g/mol. The molecule has 1 aromatic heterocycles. The van der Waals surface area contributed by atoms with Gasteiger partial charge in [0.25, 0.3) is 0 Å². The molecule has 0 saturated carbocycles. The fourth-order valence-corrected chi connectivity index (χ4v) is 8.60. The zero-order valence-corrected chi connectivity index (χ0v) is 29.2. The van der Waals surface area contributed by atoms with Gasteiger partial charge in [-0.1, -0.05) is 127 Å². The predicted molar refractivity (Wildman–Crippen MR) is 225 cm³/mol. The molecule has 52 heavy (non-hydrogen) atoms. The molecule has 0 aliphatic heterocycles. The first kappa shape index (κ1) is 30.4. The van der Waals surface area contributed by atoms with Crippen molar-refractivity contribution in [2.45, 2.75) is 0 Å². The van der Waals surface area contributed by atoms with Crippen LogP contribution in [0.5, 0.6) is 0 Å². The molecule has 2 heteroatoms. The smallest absolute Gasteiger partial charge is 0.0462 e. The Labute approximate surface area is 307 Å². The maximum absolute atomic E-state index is 2.34. The predicted octanol–water partition coefficient (Wildman–Crippen LogP) is 14.8. The van der Waals surface area contributed by atoms with Crippen LogP contribution < -0.4 is 4.90 Å². The van der Waals surface area contributed by atoms with Crippen LogP contribution in [0.2, 0.25) is 0 Å². The van der Waals surface area contributed by atoms with Crippen molar-refractivity contribution < 1.29 is 0 Å². The van der Waals surface area contributed by atoms with E-state index in [1.807, 2.05) is 11.3 Å². The van der Waals surface area contributed by atoms with Crippen molar-refractivity contribution >= 4 is 70.1 Å². The largest absolute Gasteiger partial charge is 0.311 e. The van der Waals surface area contributed by atoms with Crippen LogP contribution in [0.15, 0.2) is 200 Å². The summed E-state index contributed by atoms with van der Waals surface area (Å²) in [7, 11) is 0. The van der Waals surface area contributed by atoms with Gasteiger partial charge >= 0.3 is 0 Å². The molecule has 0 saturated heterocycles. The maximum atomic E-state index is 2.34. The van der Waals surface area contributed by atoms with Crippen LogP contribution in [-0.2, 0) is 0 Å². The topological polar surface area (TPSA) is 3.24 Å². The van der Waals surface area contributed by atoms with Gasteiger partial charge in [-0.15, -0.1) is 11.3 Å². The molecule has 10 rings (SSSR count). The molecule has 0 fully saturated rings. The third-order valence-corrected chi connectivity index (χ3v) is 11.4. The Morgan fingerprint density at radius 3 is 1.38 bits per heavy atom. The number of hydrogen-bond donors (Lipinski definition) is 0. The highest BCUT2D eigenvalue weighted by Gasteiger charge is 2.14. The van der Waals surface area contributed by atoms with Gasteiger partial charge in [0, 0.05) is 37.2 Å². The van der Waals surface area contributed by atoms with Crippen LogP contribution in [0, 0.1) is 0 Å². The van der Waals surface area contributed by atoms with E-state index in [0.717, 1.165) is 17.1 Å². The van der Waals surface area contributed by atoms with Crippen LogP contribution >= 0.6 is 11.3 Å². The minimum absolute atomic E-state index is 1.12. The summed E-state index contributed by atoms with van der Waals surface area (Å²) in [6.45, 7) is 0. The Balaban J connectivity index is 0.966. The van der Waals surface area contributed by atoms with Crippen LogP contribution in [0.25, 0.3) is 75.1 Å². The van der Waals surface area contributed by atoms with Crippen LogP contribution in [-0.4, -0.2) is 0 Å². The first-order valence-electron chi connectivity index (χ1n) is 17.7. The number of para-hydroxylation sites is 1. The van der Waals surface area contributed by atoms with Crippen molar-refractivity contribution in [3.8, 4) is 33.4 Å². The molecule has 0 bridgehead atoms. The normalized spacial score (nSPS) is 11.5. The summed E-state index contributed by atoms with van der Waals surface area (Å²) < 4.78 is 2.66. The number of fused-ring (bicyclic) bond motifs is 5. The molecule has 0 unspecified atom stereocenters. The van der Waals surface area contributed by atoms with Crippen molar-refractivity contribution in [3.05, 3.63) is 200 Å². The molecule has 0 aliphatic carbocycles. The van der Waals surface area contributed by atoms with E-state index < -0.39 is 0 Å². The van der Waals surface area contributed by atoms with Crippen molar-refractivity contribution in [2.24, 2.45) is 0 Å². The van der Waals surface area contributed by atoms with Crippen molar-refractivity contribution in [3.63, 3.8) is 0 Å². The van der Waals surface area contributed by atoms with Gasteiger partial charge in [0.15, 0.2) is 0 Å². The van der Waals surface area contributed by atoms with E-state index in [0.29, 0.717) is 0 Å². The Morgan fingerprint density at radius 2 is 0.712 bits per heavy atom. The average molecular weight is 680 g/mol. The van der Waals surface area contributed by atoms with Crippen LogP contribution in [0.4, 0.5) is 17.1 Å². The average Bonchev–Trinajstić information content (AvgIpc) is 3.59. The second-order valence-corrected chi connectivity index (χ2v) is 14.5. The lowest BCUT2D eigenvalue weighted by molar-refractivity contribution is 1.28. The molecule has 1 heterocycles. The first-order valence-corrected chi connectivity index (χ1v) is 18.6. The second-order valence-electron chi connectivity index (χ2n) is 13.4. The van der Waals surface area contributed by atoms with Crippen LogP contribution in [0.1, 0.15) is 0 Å². The van der Waals surface area contributed by atoms with E-state index in [2.05, 4.69) is 205 Å². The first-order chi connectivity index (χ1) is 25.7. The summed E-state index contributed by atoms with van der Waals surface area (Å²) >= 11 is 1.86. The molecule has 0 aliphatic rings. The summed E-state index contributed by atoms with van der Waals surface area (Å²) in [5.41, 5.74) is 10.7. The van der Waals surface area contributed by atoms with Gasteiger partial charge < -0.3 is 4.90 Å². The van der Waals surface area contributed by atoms with E-state index >= 15 is 0 Å². The molecule has 10 aromatic rings. The third-order valence-electron chi connectivity index (χ3n) is 10.2. The fourth-order valence-electron chi connectivity index (χ4n) is 7.51. The summed E-state index contributed by atoms with van der Waals surface area (Å²) in [4.78, 5) is 2.33. The molecule has 244 valence electrons. The third kappa shape index (κ3) is 5.51. The maximum Gasteiger partial charge on any atom is 0.0462 e. The lowest BCUT2D eigenvalue weighted by atomic mass is 9.96. The van der Waals surface area contributed by atoms with Crippen molar-refractivity contribution in [1.29, 1.82) is 0 Å². The lowest BCUT2D eigenvalue weighted by Crippen LogP contribution is -2.09. The van der Waals surface area contributed by atoms with Gasteiger partial charge in [0.1, 0.15) is 0 Å². The lowest BCUT2D eigenvalue weighted by Gasteiger charge is -2.26. The minimum atomic E-state index is 1.12. The van der Waals surface area contributed by atoms with Gasteiger partial charge in [-0.2, -0.15) is 0 Å². The van der Waals surface area contributed by atoms with E-state index in [4.69, 9.17) is 0 Å². The van der Waals surface area contributed by atoms with E-state index in [9.17, 15) is 0 Å². The molecule has 0 amide bonds. The highest BCUT2D eigenvalue weighted by atomic mass is 32.1. The quantitative estimate of drug-likeness (QED) is 0.169. The number of rotatable bonds is 6. The van der Waals surface area contributed by atoms with E-state index in [1.165, 1.54) is 75.1 Å². The summed E-state index contributed by atoms with van der Waals surface area (Å²) in [6, 6.07) is 73.0. The summed E-state index contributed by atoms with van der Waals surface area (Å²) in [5, 5.41) is 7.66. The molecular formula is C50H33NS. The Hall–Kier alpha value is -6.48. The highest BCUT2D eigenvalue weighted by Crippen LogP contribution is 2.39. The number of anilines is 3. The van der Waals surface area contributed by atoms with Gasteiger partial charge in [-0.25, -0.2) is 0 Å². The number of nitrogens with zero attached hydrogens (tertiary/aromatic N) is 1. The van der Waals surface area contributed by atoms with Crippen molar-refractivity contribution in [2.75, 3.05) is 4.90 Å². The SMILES string of the molecule is c1ccc(N(c2ccc(-c3ccc4ccc(-c5ccc6ccccc6c5)cc4c3)cc2)c2ccc(-c3ccc4sc5ccccc5c4c3)cc2)cc1. The Bertz CT molecular complexity index is 2890. The molecule has 0 radical (unpaired) electrons. The van der Waals surface area contributed by atoms with E-state index in [1.54, 1.807) is 0 Å². The van der Waals surface area contributed by atoms with Crippen LogP contribution in [0.3, 0.4) is 0 Å². The molecule has 9 aromatic carbocycles. The van der Waals surface area contributed by atoms with Gasteiger partial charge in [0.05, 0.1) is 0 Å². The highest BCUT2D eigenvalue weighted by molar-refractivity contribution is 7.25.